The first kappa shape index (κ1) is 16.4. The average molecular weight is 279 g/mol. The van der Waals surface area contributed by atoms with Crippen molar-refractivity contribution in [1.29, 1.82) is 0 Å². The van der Waals surface area contributed by atoms with Gasteiger partial charge in [0.05, 0.1) is 0 Å². The first-order chi connectivity index (χ1) is 6.02. The van der Waals surface area contributed by atoms with Crippen LogP contribution in [-0.2, 0) is 40.5 Å². The van der Waals surface area contributed by atoms with Crippen molar-refractivity contribution in [2.75, 3.05) is 14.2 Å². The van der Waals surface area contributed by atoms with Crippen molar-refractivity contribution in [3.63, 3.8) is 0 Å². The molecule has 0 aromatic heterocycles. The monoisotopic (exact) mass is 278 g/mol. The van der Waals surface area contributed by atoms with E-state index in [9.17, 15) is 9.90 Å². The van der Waals surface area contributed by atoms with Gasteiger partial charge in [-0.25, -0.2) is 0 Å². The molecular formula is C9H16O4Zr. The summed E-state index contributed by atoms with van der Waals surface area (Å²) in [4.78, 5) is 11.2. The fourth-order valence-corrected chi connectivity index (χ4v) is 0.617. The van der Waals surface area contributed by atoms with E-state index in [0.717, 1.165) is 6.08 Å². The molecule has 0 heterocycles. The summed E-state index contributed by atoms with van der Waals surface area (Å²) in [5.41, 5.74) is 0. The number of rotatable bonds is 5. The summed E-state index contributed by atoms with van der Waals surface area (Å²) in [5.74, 6) is -0.361. The molecule has 0 aromatic rings. The van der Waals surface area contributed by atoms with Crippen molar-refractivity contribution < 1.29 is 45.6 Å². The molecule has 0 aromatic carbocycles. The second-order valence-corrected chi connectivity index (χ2v) is 2.73. The number of aliphatic hydroxyl groups excluding tert-OH is 1. The van der Waals surface area contributed by atoms with Crippen molar-refractivity contribution in [2.45, 2.75) is 26.1 Å². The maximum Gasteiger partial charge on any atom is 0.187 e. The van der Waals surface area contributed by atoms with E-state index in [2.05, 4.69) is 0 Å². The van der Waals surface area contributed by atoms with Gasteiger partial charge in [0.25, 0.3) is 0 Å². The summed E-state index contributed by atoms with van der Waals surface area (Å²) in [6.07, 6.45) is 0.127. The maximum atomic E-state index is 11.2. The summed E-state index contributed by atoms with van der Waals surface area (Å²) < 4.78 is 9.60. The molecule has 0 fully saturated rings. The molecule has 5 heteroatoms. The Morgan fingerprint density at radius 2 is 1.64 bits per heavy atom. The standard InChI is InChI=1S/C9H16O4.Zr/c1-6(12-3)8(10)5-9(11)7(2)13-4;/h5-7,10H,1-4H3;/b8-5-;. The van der Waals surface area contributed by atoms with Gasteiger partial charge >= 0.3 is 0 Å². The number of carbonyl (C=O) groups excluding carboxylic acids is 1. The van der Waals surface area contributed by atoms with Crippen LogP contribution in [0.25, 0.3) is 0 Å². The molecule has 0 rings (SSSR count). The second-order valence-electron chi connectivity index (χ2n) is 2.73. The number of hydrogen-bond acceptors (Lipinski definition) is 4. The Hall–Kier alpha value is 0.0131. The van der Waals surface area contributed by atoms with Gasteiger partial charge in [0.1, 0.15) is 18.0 Å². The summed E-state index contributed by atoms with van der Waals surface area (Å²) in [6, 6.07) is 0. The smallest absolute Gasteiger partial charge is 0.187 e. The van der Waals surface area contributed by atoms with Gasteiger partial charge in [0, 0.05) is 46.5 Å². The number of carbonyl (C=O) groups is 1. The molecule has 2 unspecified atom stereocenters. The zero-order valence-corrected chi connectivity index (χ0v) is 11.4. The van der Waals surface area contributed by atoms with Crippen LogP contribution in [0, 0.1) is 0 Å². The summed E-state index contributed by atoms with van der Waals surface area (Å²) in [7, 11) is 2.89. The molecule has 1 N–H and O–H groups in total. The molecule has 4 nitrogen and oxygen atoms in total. The Morgan fingerprint density at radius 3 is 2.00 bits per heavy atom. The van der Waals surface area contributed by atoms with Crippen molar-refractivity contribution >= 4 is 5.78 Å². The molecule has 0 bridgehead atoms. The summed E-state index contributed by atoms with van der Waals surface area (Å²) in [5, 5.41) is 9.29. The van der Waals surface area contributed by atoms with E-state index >= 15 is 0 Å². The third-order valence-corrected chi connectivity index (χ3v) is 1.81. The SMILES string of the molecule is COC(C)C(=O)/C=C(\O)C(C)OC.[Zr]. The minimum absolute atomic E-state index is 0. The molecule has 0 spiro atoms. The summed E-state index contributed by atoms with van der Waals surface area (Å²) >= 11 is 0. The van der Waals surface area contributed by atoms with Gasteiger partial charge in [0.2, 0.25) is 0 Å². The van der Waals surface area contributed by atoms with E-state index in [1.807, 2.05) is 0 Å². The van der Waals surface area contributed by atoms with Crippen molar-refractivity contribution in [3.8, 4) is 0 Å². The number of aliphatic hydroxyl groups is 1. The van der Waals surface area contributed by atoms with Crippen LogP contribution in [0.5, 0.6) is 0 Å². The fourth-order valence-electron chi connectivity index (χ4n) is 0.617. The normalized spacial score (nSPS) is 15.6. The molecule has 0 radical (unpaired) electrons. The molecule has 0 aliphatic heterocycles. The molecule has 0 saturated carbocycles. The molecule has 2 atom stereocenters. The third kappa shape index (κ3) is 5.68. The fraction of sp³-hybridized carbons (Fsp3) is 0.667. The van der Waals surface area contributed by atoms with Crippen LogP contribution in [0.1, 0.15) is 13.8 Å². The van der Waals surface area contributed by atoms with Gasteiger partial charge in [0.15, 0.2) is 5.78 Å². The van der Waals surface area contributed by atoms with Gasteiger partial charge in [-0.1, -0.05) is 0 Å². The average Bonchev–Trinajstić information content (AvgIpc) is 2.14. The molecule has 14 heavy (non-hydrogen) atoms. The van der Waals surface area contributed by atoms with E-state index in [1.54, 1.807) is 13.8 Å². The molecule has 0 aliphatic carbocycles. The Bertz CT molecular complexity index is 203. The Balaban J connectivity index is 0. The zero-order chi connectivity index (χ0) is 10.4. The maximum absolute atomic E-state index is 11.2. The molecule has 0 saturated heterocycles. The predicted octanol–water partition coefficient (Wildman–Crippen LogP) is 1.06. The zero-order valence-electron chi connectivity index (χ0n) is 8.90. The van der Waals surface area contributed by atoms with Gasteiger partial charge < -0.3 is 14.6 Å². The van der Waals surface area contributed by atoms with Crippen LogP contribution in [0.15, 0.2) is 11.8 Å². The van der Waals surface area contributed by atoms with E-state index in [4.69, 9.17) is 9.47 Å². The first-order valence-electron chi connectivity index (χ1n) is 4.03. The minimum atomic E-state index is -0.536. The van der Waals surface area contributed by atoms with Crippen molar-refractivity contribution in [1.82, 2.24) is 0 Å². The Morgan fingerprint density at radius 1 is 1.21 bits per heavy atom. The number of hydrogen-bond donors (Lipinski definition) is 1. The van der Waals surface area contributed by atoms with Crippen LogP contribution in [-0.4, -0.2) is 37.3 Å². The van der Waals surface area contributed by atoms with Crippen molar-refractivity contribution in [2.24, 2.45) is 0 Å². The van der Waals surface area contributed by atoms with E-state index in [-0.39, 0.29) is 37.7 Å². The largest absolute Gasteiger partial charge is 0.509 e. The topological polar surface area (TPSA) is 55.8 Å². The van der Waals surface area contributed by atoms with Crippen molar-refractivity contribution in [3.05, 3.63) is 11.8 Å². The molecule has 0 aliphatic rings. The van der Waals surface area contributed by atoms with Crippen LogP contribution in [0.2, 0.25) is 0 Å². The van der Waals surface area contributed by atoms with Crippen LogP contribution < -0.4 is 0 Å². The molecule has 80 valence electrons. The molecular weight excluding hydrogens is 263 g/mol. The number of ketones is 1. The number of methoxy groups -OCH3 is 2. The van der Waals surface area contributed by atoms with E-state index < -0.39 is 12.2 Å². The van der Waals surface area contributed by atoms with Crippen LogP contribution in [0.4, 0.5) is 0 Å². The minimum Gasteiger partial charge on any atom is -0.509 e. The molecule has 0 amide bonds. The first-order valence-corrected chi connectivity index (χ1v) is 4.03. The van der Waals surface area contributed by atoms with Gasteiger partial charge in [-0.3, -0.25) is 4.79 Å². The Labute approximate surface area is 103 Å². The second kappa shape index (κ2) is 8.33. The van der Waals surface area contributed by atoms with Crippen LogP contribution in [0.3, 0.4) is 0 Å². The van der Waals surface area contributed by atoms with Gasteiger partial charge in [-0.05, 0) is 13.8 Å². The predicted molar refractivity (Wildman–Crippen MR) is 48.7 cm³/mol. The quantitative estimate of drug-likeness (QED) is 0.604. The Kier molecular flexibility index (Phi) is 9.79. The van der Waals surface area contributed by atoms with E-state index in [1.165, 1.54) is 14.2 Å². The van der Waals surface area contributed by atoms with Crippen LogP contribution >= 0.6 is 0 Å². The number of ether oxygens (including phenoxy) is 2. The van der Waals surface area contributed by atoms with Gasteiger partial charge in [-0.15, -0.1) is 0 Å². The van der Waals surface area contributed by atoms with E-state index in [0.29, 0.717) is 0 Å². The van der Waals surface area contributed by atoms with Gasteiger partial charge in [-0.2, -0.15) is 0 Å². The third-order valence-electron chi connectivity index (χ3n) is 1.81. The summed E-state index contributed by atoms with van der Waals surface area (Å²) in [6.45, 7) is 3.26.